The van der Waals surface area contributed by atoms with E-state index < -0.39 is 11.7 Å². The predicted molar refractivity (Wildman–Crippen MR) is 116 cm³/mol. The van der Waals surface area contributed by atoms with Crippen LogP contribution in [0.5, 0.6) is 0 Å². The smallest absolute Gasteiger partial charge is 0.161 e. The standard InChI is InChI=1S/C26H38F2/c1-3-5-19-7-9-20(10-8-19)21-11-13-22(14-12-21)23-15-17-24(18-16-23)26(28)25(27)6-4-2/h15-22H,3-14H2,1-2H3/b26-25+/t19?,20?,21-,22-. The molecule has 0 N–H and O–H groups in total. The average Bonchev–Trinajstić information content (AvgIpc) is 2.74. The van der Waals surface area contributed by atoms with Gasteiger partial charge in [0.1, 0.15) is 5.83 Å². The minimum absolute atomic E-state index is 0.179. The van der Waals surface area contributed by atoms with E-state index in [1.54, 1.807) is 12.1 Å². The van der Waals surface area contributed by atoms with Crippen LogP contribution in [0.1, 0.15) is 108 Å². The van der Waals surface area contributed by atoms with Gasteiger partial charge in [-0.2, -0.15) is 0 Å². The summed E-state index contributed by atoms with van der Waals surface area (Å²) in [5, 5.41) is 0. The van der Waals surface area contributed by atoms with Crippen molar-refractivity contribution in [3.05, 3.63) is 41.2 Å². The second-order valence-corrected chi connectivity index (χ2v) is 9.27. The number of allylic oxidation sites excluding steroid dienone is 1. The average molecular weight is 389 g/mol. The molecule has 0 atom stereocenters. The highest BCUT2D eigenvalue weighted by atomic mass is 19.2. The molecule has 2 fully saturated rings. The molecular weight excluding hydrogens is 350 g/mol. The molecule has 1 aromatic carbocycles. The topological polar surface area (TPSA) is 0 Å². The van der Waals surface area contributed by atoms with Crippen molar-refractivity contribution in [3.8, 4) is 0 Å². The van der Waals surface area contributed by atoms with Crippen molar-refractivity contribution in [1.29, 1.82) is 0 Å². The normalized spacial score (nSPS) is 29.4. The molecule has 0 unspecified atom stereocenters. The molecule has 2 saturated carbocycles. The Morgan fingerprint density at radius 1 is 0.786 bits per heavy atom. The highest BCUT2D eigenvalue weighted by Crippen LogP contribution is 2.44. The van der Waals surface area contributed by atoms with Crippen molar-refractivity contribution >= 4 is 5.83 Å². The zero-order valence-corrected chi connectivity index (χ0v) is 17.9. The molecule has 0 radical (unpaired) electrons. The van der Waals surface area contributed by atoms with E-state index in [1.165, 1.54) is 69.8 Å². The van der Waals surface area contributed by atoms with Crippen LogP contribution in [0.3, 0.4) is 0 Å². The molecule has 0 heterocycles. The van der Waals surface area contributed by atoms with Crippen LogP contribution in [-0.4, -0.2) is 0 Å². The number of hydrogen-bond donors (Lipinski definition) is 0. The van der Waals surface area contributed by atoms with Gasteiger partial charge < -0.3 is 0 Å². The molecule has 1 aromatic rings. The molecule has 0 spiro atoms. The quantitative estimate of drug-likeness (QED) is 0.437. The van der Waals surface area contributed by atoms with Gasteiger partial charge >= 0.3 is 0 Å². The van der Waals surface area contributed by atoms with E-state index in [0.717, 1.165) is 17.8 Å². The van der Waals surface area contributed by atoms with E-state index in [0.29, 0.717) is 17.9 Å². The van der Waals surface area contributed by atoms with Crippen molar-refractivity contribution < 1.29 is 8.78 Å². The first-order valence-corrected chi connectivity index (χ1v) is 11.8. The van der Waals surface area contributed by atoms with Crippen molar-refractivity contribution in [3.63, 3.8) is 0 Å². The van der Waals surface area contributed by atoms with Gasteiger partial charge in [-0.15, -0.1) is 0 Å². The van der Waals surface area contributed by atoms with Crippen LogP contribution in [0.25, 0.3) is 5.83 Å². The number of hydrogen-bond acceptors (Lipinski definition) is 0. The predicted octanol–water partition coefficient (Wildman–Crippen LogP) is 8.97. The lowest BCUT2D eigenvalue weighted by Gasteiger charge is -2.38. The molecule has 2 heteroatoms. The van der Waals surface area contributed by atoms with Crippen LogP contribution in [0.4, 0.5) is 8.78 Å². The first-order chi connectivity index (χ1) is 13.6. The van der Waals surface area contributed by atoms with Gasteiger partial charge in [-0.25, -0.2) is 8.78 Å². The van der Waals surface area contributed by atoms with Gasteiger partial charge in [0.05, 0.1) is 0 Å². The first kappa shape index (κ1) is 21.5. The summed E-state index contributed by atoms with van der Waals surface area (Å²) in [7, 11) is 0. The van der Waals surface area contributed by atoms with Crippen LogP contribution in [-0.2, 0) is 0 Å². The maximum Gasteiger partial charge on any atom is 0.161 e. The number of rotatable bonds is 7. The molecule has 0 bridgehead atoms. The fourth-order valence-electron chi connectivity index (χ4n) is 5.67. The minimum atomic E-state index is -0.684. The van der Waals surface area contributed by atoms with E-state index in [1.807, 2.05) is 19.1 Å². The Kier molecular flexibility index (Phi) is 8.11. The van der Waals surface area contributed by atoms with E-state index in [2.05, 4.69) is 6.92 Å². The Labute approximate surface area is 170 Å². The Balaban J connectivity index is 1.51. The van der Waals surface area contributed by atoms with E-state index in [9.17, 15) is 8.78 Å². The van der Waals surface area contributed by atoms with Crippen LogP contribution >= 0.6 is 0 Å². The molecule has 28 heavy (non-hydrogen) atoms. The fraction of sp³-hybridized carbons (Fsp3) is 0.692. The molecule has 3 rings (SSSR count). The van der Waals surface area contributed by atoms with E-state index in [-0.39, 0.29) is 6.42 Å². The van der Waals surface area contributed by atoms with Crippen LogP contribution in [0.15, 0.2) is 30.1 Å². The summed E-state index contributed by atoms with van der Waals surface area (Å²) in [6, 6.07) is 7.58. The lowest BCUT2D eigenvalue weighted by atomic mass is 9.68. The van der Waals surface area contributed by atoms with Gasteiger partial charge in [-0.3, -0.25) is 0 Å². The number of benzene rings is 1. The van der Waals surface area contributed by atoms with E-state index >= 15 is 0 Å². The van der Waals surface area contributed by atoms with Gasteiger partial charge in [0.15, 0.2) is 5.83 Å². The Morgan fingerprint density at radius 2 is 1.36 bits per heavy atom. The first-order valence-electron chi connectivity index (χ1n) is 11.8. The van der Waals surface area contributed by atoms with Crippen molar-refractivity contribution in [1.82, 2.24) is 0 Å². The van der Waals surface area contributed by atoms with Crippen LogP contribution < -0.4 is 0 Å². The van der Waals surface area contributed by atoms with Crippen LogP contribution in [0.2, 0.25) is 0 Å². The Hall–Kier alpha value is -1.18. The Bertz CT molecular complexity index is 614. The monoisotopic (exact) mass is 388 g/mol. The van der Waals surface area contributed by atoms with Gasteiger partial charge in [-0.05, 0) is 74.2 Å². The third-order valence-electron chi connectivity index (χ3n) is 7.37. The second kappa shape index (κ2) is 10.6. The van der Waals surface area contributed by atoms with E-state index in [4.69, 9.17) is 0 Å². The summed E-state index contributed by atoms with van der Waals surface area (Å²) >= 11 is 0. The molecular formula is C26H38F2. The molecule has 0 amide bonds. The lowest BCUT2D eigenvalue weighted by Crippen LogP contribution is -2.25. The molecule has 0 aliphatic heterocycles. The SMILES string of the molecule is CCC/C(F)=C(\F)c1ccc([C@H]2CC[C@H](C3CCC(CCC)CC3)CC2)cc1. The zero-order chi connectivity index (χ0) is 19.9. The van der Waals surface area contributed by atoms with Crippen molar-refractivity contribution in [2.45, 2.75) is 96.8 Å². The highest BCUT2D eigenvalue weighted by molar-refractivity contribution is 5.61. The summed E-state index contributed by atoms with van der Waals surface area (Å²) in [5.74, 6) is 2.15. The zero-order valence-electron chi connectivity index (χ0n) is 17.9. The maximum absolute atomic E-state index is 14.1. The molecule has 2 aliphatic rings. The number of halogens is 2. The molecule has 2 aliphatic carbocycles. The largest absolute Gasteiger partial charge is 0.209 e. The van der Waals surface area contributed by atoms with Crippen molar-refractivity contribution in [2.75, 3.05) is 0 Å². The molecule has 0 aromatic heterocycles. The van der Waals surface area contributed by atoms with Gasteiger partial charge in [0.2, 0.25) is 0 Å². The molecule has 156 valence electrons. The van der Waals surface area contributed by atoms with Gasteiger partial charge in [0, 0.05) is 12.0 Å². The summed E-state index contributed by atoms with van der Waals surface area (Å²) in [6.07, 6.45) is 14.6. The highest BCUT2D eigenvalue weighted by Gasteiger charge is 2.31. The van der Waals surface area contributed by atoms with Crippen LogP contribution in [0, 0.1) is 17.8 Å². The molecule has 0 saturated heterocycles. The minimum Gasteiger partial charge on any atom is -0.209 e. The lowest BCUT2D eigenvalue weighted by molar-refractivity contribution is 0.156. The molecule has 0 nitrogen and oxygen atoms in total. The van der Waals surface area contributed by atoms with Gasteiger partial charge in [0.25, 0.3) is 0 Å². The van der Waals surface area contributed by atoms with Crippen molar-refractivity contribution in [2.24, 2.45) is 17.8 Å². The Morgan fingerprint density at radius 3 is 1.89 bits per heavy atom. The summed E-state index contributed by atoms with van der Waals surface area (Å²) in [4.78, 5) is 0. The summed E-state index contributed by atoms with van der Waals surface area (Å²) in [5.41, 5.74) is 1.68. The summed E-state index contributed by atoms with van der Waals surface area (Å²) < 4.78 is 27.9. The third kappa shape index (κ3) is 5.45. The third-order valence-corrected chi connectivity index (χ3v) is 7.37. The summed E-state index contributed by atoms with van der Waals surface area (Å²) in [6.45, 7) is 4.18. The maximum atomic E-state index is 14.1. The fourth-order valence-corrected chi connectivity index (χ4v) is 5.67. The van der Waals surface area contributed by atoms with Gasteiger partial charge in [-0.1, -0.05) is 63.8 Å². The second-order valence-electron chi connectivity index (χ2n) is 9.27.